The van der Waals surface area contributed by atoms with Crippen molar-refractivity contribution in [3.05, 3.63) is 63.2 Å². The van der Waals surface area contributed by atoms with Crippen molar-refractivity contribution in [2.24, 2.45) is 0 Å². The van der Waals surface area contributed by atoms with Crippen LogP contribution in [0, 0.1) is 30.9 Å². The first-order valence-corrected chi connectivity index (χ1v) is 8.63. The van der Waals surface area contributed by atoms with Gasteiger partial charge in [-0.15, -0.1) is 0 Å². The number of benzene rings is 2. The average Bonchev–Trinajstić information content (AvgIpc) is 2.60. The lowest BCUT2D eigenvalue weighted by atomic mass is 10.1. The third-order valence-electron chi connectivity index (χ3n) is 3.98. The monoisotopic (exact) mass is 386 g/mol. The van der Waals surface area contributed by atoms with Gasteiger partial charge in [-0.2, -0.15) is 0 Å². The Morgan fingerprint density at radius 2 is 1.75 bits per heavy atom. The van der Waals surface area contributed by atoms with E-state index >= 15 is 0 Å². The lowest BCUT2D eigenvalue weighted by Crippen LogP contribution is -2.32. The Morgan fingerprint density at radius 3 is 2.36 bits per heavy atom. The third-order valence-corrected chi connectivity index (χ3v) is 3.98. The summed E-state index contributed by atoms with van der Waals surface area (Å²) in [6, 6.07) is 9.60. The van der Waals surface area contributed by atoms with Crippen LogP contribution >= 0.6 is 0 Å². The van der Waals surface area contributed by atoms with E-state index in [1.807, 2.05) is 32.9 Å². The Kier molecular flexibility index (Phi) is 6.70. The van der Waals surface area contributed by atoms with E-state index in [9.17, 15) is 19.7 Å². The zero-order valence-electron chi connectivity index (χ0n) is 16.1. The molecule has 148 valence electrons. The molecule has 0 aliphatic heterocycles. The number of nitro groups is 1. The van der Waals surface area contributed by atoms with E-state index in [1.54, 1.807) is 6.07 Å². The van der Waals surface area contributed by atoms with E-state index in [2.05, 4.69) is 5.32 Å². The fraction of sp³-hybridized carbons (Fsp3) is 0.300. The minimum absolute atomic E-state index is 0.0301. The van der Waals surface area contributed by atoms with Gasteiger partial charge in [0.05, 0.1) is 4.92 Å². The van der Waals surface area contributed by atoms with Gasteiger partial charge in [0.25, 0.3) is 11.6 Å². The molecule has 0 bridgehead atoms. The number of carbonyl (C=O) groups is 2. The zero-order valence-corrected chi connectivity index (χ0v) is 16.1. The van der Waals surface area contributed by atoms with Gasteiger partial charge in [0.1, 0.15) is 11.4 Å². The number of hydrogen-bond donors (Lipinski definition) is 1. The van der Waals surface area contributed by atoms with Crippen molar-refractivity contribution in [1.29, 1.82) is 0 Å². The molecule has 0 heterocycles. The molecule has 28 heavy (non-hydrogen) atoms. The maximum atomic E-state index is 12.2. The van der Waals surface area contributed by atoms with Crippen LogP contribution in [0.1, 0.15) is 23.6 Å². The van der Waals surface area contributed by atoms with Crippen molar-refractivity contribution < 1.29 is 24.0 Å². The van der Waals surface area contributed by atoms with Crippen LogP contribution in [0.2, 0.25) is 0 Å². The van der Waals surface area contributed by atoms with Crippen LogP contribution in [-0.4, -0.2) is 29.5 Å². The molecule has 8 heteroatoms. The first-order valence-electron chi connectivity index (χ1n) is 8.63. The molecule has 0 aliphatic carbocycles. The Hall–Kier alpha value is -3.42. The van der Waals surface area contributed by atoms with Gasteiger partial charge in [0.2, 0.25) is 0 Å². The summed E-state index contributed by atoms with van der Waals surface area (Å²) in [5.74, 6) is -0.797. The molecule has 0 aliphatic rings. The highest BCUT2D eigenvalue weighted by molar-refractivity contribution is 5.96. The van der Waals surface area contributed by atoms with Crippen LogP contribution in [0.15, 0.2) is 36.4 Å². The van der Waals surface area contributed by atoms with E-state index in [-0.39, 0.29) is 18.0 Å². The van der Waals surface area contributed by atoms with Gasteiger partial charge in [-0.1, -0.05) is 29.8 Å². The predicted molar refractivity (Wildman–Crippen MR) is 103 cm³/mol. The Labute approximate surface area is 162 Å². The number of hydrogen-bond acceptors (Lipinski definition) is 6. The van der Waals surface area contributed by atoms with Crippen molar-refractivity contribution in [2.45, 2.75) is 33.8 Å². The lowest BCUT2D eigenvalue weighted by molar-refractivity contribution is -0.383. The maximum absolute atomic E-state index is 12.2. The Morgan fingerprint density at radius 1 is 1.14 bits per heavy atom. The Bertz CT molecular complexity index is 886. The van der Waals surface area contributed by atoms with E-state index in [0.717, 1.165) is 16.7 Å². The highest BCUT2D eigenvalue weighted by Crippen LogP contribution is 2.25. The van der Waals surface area contributed by atoms with Crippen molar-refractivity contribution >= 4 is 23.3 Å². The van der Waals surface area contributed by atoms with Gasteiger partial charge in [-0.25, -0.2) is 4.79 Å². The Balaban J connectivity index is 1.94. The molecular formula is C20H22N2O6. The average molecular weight is 386 g/mol. The first-order chi connectivity index (χ1) is 13.2. The number of ether oxygens (including phenoxy) is 2. The summed E-state index contributed by atoms with van der Waals surface area (Å²) in [5, 5.41) is 13.4. The fourth-order valence-electron chi connectivity index (χ4n) is 2.78. The van der Waals surface area contributed by atoms with Crippen LogP contribution in [0.25, 0.3) is 0 Å². The largest absolute Gasteiger partial charge is 0.481 e. The maximum Gasteiger partial charge on any atom is 0.344 e. The molecule has 0 saturated heterocycles. The molecule has 0 spiro atoms. The lowest BCUT2D eigenvalue weighted by Gasteiger charge is -2.15. The number of amides is 1. The van der Waals surface area contributed by atoms with Gasteiger partial charge in [0, 0.05) is 6.07 Å². The van der Waals surface area contributed by atoms with Crippen molar-refractivity contribution in [1.82, 2.24) is 0 Å². The van der Waals surface area contributed by atoms with Crippen LogP contribution in [0.5, 0.6) is 5.75 Å². The number of rotatable bonds is 7. The van der Waals surface area contributed by atoms with Crippen molar-refractivity contribution in [3.63, 3.8) is 0 Å². The van der Waals surface area contributed by atoms with Crippen molar-refractivity contribution in [3.8, 4) is 5.75 Å². The summed E-state index contributed by atoms with van der Waals surface area (Å²) in [6.45, 7) is 6.75. The smallest absolute Gasteiger partial charge is 0.344 e. The summed E-state index contributed by atoms with van der Waals surface area (Å²) in [6.07, 6.45) is -1.14. The minimum Gasteiger partial charge on any atom is -0.481 e. The molecule has 1 N–H and O–H groups in total. The van der Waals surface area contributed by atoms with Crippen LogP contribution < -0.4 is 10.1 Å². The van der Waals surface area contributed by atoms with E-state index in [1.165, 1.54) is 25.1 Å². The van der Waals surface area contributed by atoms with Crippen molar-refractivity contribution in [2.75, 3.05) is 11.9 Å². The minimum atomic E-state index is -1.14. The first kappa shape index (κ1) is 20.9. The van der Waals surface area contributed by atoms with Crippen LogP contribution in [-0.2, 0) is 14.3 Å². The normalized spacial score (nSPS) is 11.4. The highest BCUT2D eigenvalue weighted by Gasteiger charge is 2.22. The van der Waals surface area contributed by atoms with Crippen LogP contribution in [0.3, 0.4) is 0 Å². The summed E-state index contributed by atoms with van der Waals surface area (Å²) in [4.78, 5) is 34.6. The predicted octanol–water partition coefficient (Wildman–Crippen LogP) is 3.47. The molecule has 2 aromatic carbocycles. The number of carbonyl (C=O) groups excluding carboxylic acids is 2. The van der Waals surface area contributed by atoms with E-state index < -0.39 is 22.9 Å². The van der Waals surface area contributed by atoms with Gasteiger partial charge in [-0.3, -0.25) is 14.9 Å². The number of anilines is 1. The second kappa shape index (κ2) is 8.98. The summed E-state index contributed by atoms with van der Waals surface area (Å²) in [5.41, 5.74) is 2.66. The van der Waals surface area contributed by atoms with Gasteiger partial charge in [-0.05, 0) is 44.9 Å². The summed E-state index contributed by atoms with van der Waals surface area (Å²) in [7, 11) is 0. The van der Waals surface area contributed by atoms with Gasteiger partial charge < -0.3 is 14.8 Å². The third kappa shape index (κ3) is 5.29. The van der Waals surface area contributed by atoms with E-state index in [4.69, 9.17) is 9.47 Å². The number of nitrogens with zero attached hydrogens (tertiary/aromatic N) is 1. The molecule has 0 fully saturated rings. The molecule has 2 aromatic rings. The molecule has 1 atom stereocenters. The molecule has 1 amide bonds. The number of nitrogens with one attached hydrogen (secondary N) is 1. The topological polar surface area (TPSA) is 108 Å². The number of para-hydroxylation sites is 2. The molecule has 8 nitrogen and oxygen atoms in total. The summed E-state index contributed by atoms with van der Waals surface area (Å²) < 4.78 is 10.6. The zero-order chi connectivity index (χ0) is 20.8. The molecule has 0 aromatic heterocycles. The molecule has 0 unspecified atom stereocenters. The molecular weight excluding hydrogens is 364 g/mol. The number of nitro benzene ring substituents is 1. The number of aryl methyl sites for hydroxylation is 3. The fourth-order valence-corrected chi connectivity index (χ4v) is 2.78. The number of esters is 1. The molecule has 0 saturated carbocycles. The molecule has 2 rings (SSSR count). The quantitative estimate of drug-likeness (QED) is 0.443. The second-order valence-electron chi connectivity index (χ2n) is 6.41. The molecule has 0 radical (unpaired) electrons. The highest BCUT2D eigenvalue weighted by atomic mass is 16.6. The summed E-state index contributed by atoms with van der Waals surface area (Å²) >= 11 is 0. The second-order valence-corrected chi connectivity index (χ2v) is 6.41. The van der Waals surface area contributed by atoms with Gasteiger partial charge >= 0.3 is 5.97 Å². The van der Waals surface area contributed by atoms with Crippen LogP contribution in [0.4, 0.5) is 11.4 Å². The SMILES string of the molecule is Cc1cc(C)c(OCC(=O)O[C@H](C)C(=O)Nc2ccccc2[N+](=O)[O-])c(C)c1. The van der Waals surface area contributed by atoms with Gasteiger partial charge in [0.15, 0.2) is 12.7 Å². The van der Waals surface area contributed by atoms with E-state index in [0.29, 0.717) is 5.75 Å². The standard InChI is InChI=1S/C20H22N2O6/c1-12-9-13(2)19(14(3)10-12)27-11-18(23)28-15(4)20(24)21-16-7-5-6-8-17(16)22(25)26/h5-10,15H,11H2,1-4H3,(H,21,24)/t15-/m1/s1.